The minimum Gasteiger partial charge on any atom is -0.358 e. The SMILES string of the molecule is CCC(=O)c1ccc(N=C2C3=C(C)NN(C)C3Nc3c2cccc3[N+](=O)[O-])cc1. The van der Waals surface area contributed by atoms with Gasteiger partial charge in [-0.05, 0) is 31.2 Å². The van der Waals surface area contributed by atoms with Crippen LogP contribution in [0.3, 0.4) is 0 Å². The van der Waals surface area contributed by atoms with Gasteiger partial charge in [-0.1, -0.05) is 19.1 Å². The molecule has 1 unspecified atom stereocenters. The monoisotopic (exact) mass is 391 g/mol. The highest BCUT2D eigenvalue weighted by Crippen LogP contribution is 2.39. The zero-order valence-electron chi connectivity index (χ0n) is 16.4. The molecular weight excluding hydrogens is 370 g/mol. The van der Waals surface area contributed by atoms with Crippen LogP contribution in [0.2, 0.25) is 0 Å². The normalized spacial score (nSPS) is 19.4. The predicted molar refractivity (Wildman–Crippen MR) is 111 cm³/mol. The first kappa shape index (κ1) is 18.8. The molecule has 0 aliphatic carbocycles. The molecule has 2 aromatic rings. The molecule has 0 bridgehead atoms. The Bertz CT molecular complexity index is 1070. The van der Waals surface area contributed by atoms with E-state index in [-0.39, 0.29) is 17.6 Å². The van der Waals surface area contributed by atoms with Gasteiger partial charge in [0.05, 0.1) is 16.3 Å². The topological polar surface area (TPSA) is 99.9 Å². The largest absolute Gasteiger partial charge is 0.358 e. The molecule has 2 N–H and O–H groups in total. The number of hydrogen-bond donors (Lipinski definition) is 2. The zero-order chi connectivity index (χ0) is 20.7. The van der Waals surface area contributed by atoms with Crippen molar-refractivity contribution in [1.82, 2.24) is 10.4 Å². The molecule has 148 valence electrons. The van der Waals surface area contributed by atoms with Crippen LogP contribution >= 0.6 is 0 Å². The van der Waals surface area contributed by atoms with Crippen molar-refractivity contribution in [3.05, 3.63) is 75.0 Å². The number of carbonyl (C=O) groups is 1. The van der Waals surface area contributed by atoms with E-state index in [0.29, 0.717) is 34.6 Å². The molecule has 8 nitrogen and oxygen atoms in total. The van der Waals surface area contributed by atoms with Crippen LogP contribution in [0.25, 0.3) is 0 Å². The van der Waals surface area contributed by atoms with Gasteiger partial charge in [0.2, 0.25) is 0 Å². The summed E-state index contributed by atoms with van der Waals surface area (Å²) in [6.07, 6.45) is 0.172. The van der Waals surface area contributed by atoms with Crippen molar-refractivity contribution < 1.29 is 9.72 Å². The Kier molecular flexibility index (Phi) is 4.63. The first-order chi connectivity index (χ1) is 13.9. The Labute approximate surface area is 168 Å². The van der Waals surface area contributed by atoms with E-state index in [2.05, 4.69) is 10.7 Å². The summed E-state index contributed by atoms with van der Waals surface area (Å²) < 4.78 is 0. The van der Waals surface area contributed by atoms with Gasteiger partial charge in [-0.2, -0.15) is 0 Å². The molecule has 2 aliphatic rings. The van der Waals surface area contributed by atoms with Gasteiger partial charge in [-0.25, -0.2) is 10.0 Å². The van der Waals surface area contributed by atoms with Crippen LogP contribution in [0.4, 0.5) is 17.1 Å². The third kappa shape index (κ3) is 3.17. The summed E-state index contributed by atoms with van der Waals surface area (Å²) >= 11 is 0. The number of ketones is 1. The van der Waals surface area contributed by atoms with Crippen molar-refractivity contribution >= 4 is 28.6 Å². The summed E-state index contributed by atoms with van der Waals surface area (Å²) in [6, 6.07) is 12.1. The van der Waals surface area contributed by atoms with E-state index in [1.807, 2.05) is 32.0 Å². The van der Waals surface area contributed by atoms with Crippen molar-refractivity contribution in [2.45, 2.75) is 26.4 Å². The number of nitro groups is 1. The number of nitrogens with zero attached hydrogens (tertiary/aromatic N) is 3. The summed E-state index contributed by atoms with van der Waals surface area (Å²) in [7, 11) is 1.87. The summed E-state index contributed by atoms with van der Waals surface area (Å²) in [4.78, 5) is 27.9. The Morgan fingerprint density at radius 2 is 1.97 bits per heavy atom. The van der Waals surface area contributed by atoms with Gasteiger partial charge in [-0.15, -0.1) is 0 Å². The molecule has 0 saturated carbocycles. The van der Waals surface area contributed by atoms with E-state index < -0.39 is 4.92 Å². The summed E-state index contributed by atoms with van der Waals surface area (Å²) in [5, 5.41) is 16.7. The average Bonchev–Trinajstić information content (AvgIpc) is 3.00. The molecule has 0 spiro atoms. The van der Waals surface area contributed by atoms with E-state index in [1.165, 1.54) is 6.07 Å². The van der Waals surface area contributed by atoms with Crippen molar-refractivity contribution in [2.24, 2.45) is 4.99 Å². The number of anilines is 1. The van der Waals surface area contributed by atoms with E-state index in [1.54, 1.807) is 30.3 Å². The standard InChI is InChI=1S/C21H21N5O3/c1-4-17(27)13-8-10-14(11-9-13)22-20-15-6-5-7-16(26(28)29)19(15)23-21-18(20)12(2)24-25(21)3/h5-11,21,23-24H,4H2,1-3H3. The number of nitro benzene ring substituents is 1. The number of hydrazine groups is 1. The molecule has 4 rings (SSSR count). The molecule has 0 amide bonds. The molecular formula is C21H21N5O3. The summed E-state index contributed by atoms with van der Waals surface area (Å²) in [5.41, 5.74) is 8.26. The fourth-order valence-corrected chi connectivity index (χ4v) is 3.76. The first-order valence-electron chi connectivity index (χ1n) is 9.37. The maximum atomic E-state index is 11.9. The van der Waals surface area contributed by atoms with Crippen molar-refractivity contribution in [2.75, 3.05) is 12.4 Å². The lowest BCUT2D eigenvalue weighted by atomic mass is 9.92. The number of carbonyl (C=O) groups excluding carboxylic acids is 1. The Morgan fingerprint density at radius 3 is 2.62 bits per heavy atom. The lowest BCUT2D eigenvalue weighted by Crippen LogP contribution is -2.44. The minimum absolute atomic E-state index is 0.0103. The number of benzene rings is 2. The number of Topliss-reactive ketones (excluding diaryl/α,β-unsaturated/α-hetero) is 1. The Hall–Kier alpha value is -3.52. The van der Waals surface area contributed by atoms with Crippen LogP contribution in [-0.4, -0.2) is 34.6 Å². The second kappa shape index (κ2) is 7.14. The zero-order valence-corrected chi connectivity index (χ0v) is 16.4. The first-order valence-corrected chi connectivity index (χ1v) is 9.37. The van der Waals surface area contributed by atoms with Crippen LogP contribution < -0.4 is 10.7 Å². The second-order valence-electron chi connectivity index (χ2n) is 7.05. The number of hydrogen-bond acceptors (Lipinski definition) is 7. The van der Waals surface area contributed by atoms with Gasteiger partial charge in [-0.3, -0.25) is 14.9 Å². The van der Waals surface area contributed by atoms with Gasteiger partial charge >= 0.3 is 0 Å². The molecule has 0 saturated heterocycles. The molecule has 0 radical (unpaired) electrons. The van der Waals surface area contributed by atoms with Crippen molar-refractivity contribution in [1.29, 1.82) is 0 Å². The van der Waals surface area contributed by atoms with E-state index in [4.69, 9.17) is 4.99 Å². The van der Waals surface area contributed by atoms with Gasteiger partial charge in [0.1, 0.15) is 11.9 Å². The van der Waals surface area contributed by atoms with Crippen LogP contribution in [0.1, 0.15) is 36.2 Å². The van der Waals surface area contributed by atoms with Gasteiger partial charge in [0.25, 0.3) is 5.69 Å². The van der Waals surface area contributed by atoms with E-state index in [0.717, 1.165) is 11.3 Å². The average molecular weight is 391 g/mol. The molecule has 2 aliphatic heterocycles. The molecule has 2 heterocycles. The number of fused-ring (bicyclic) bond motifs is 2. The van der Waals surface area contributed by atoms with Gasteiger partial charge in [0, 0.05) is 41.9 Å². The van der Waals surface area contributed by atoms with Crippen LogP contribution in [-0.2, 0) is 0 Å². The van der Waals surface area contributed by atoms with Crippen molar-refractivity contribution in [3.8, 4) is 0 Å². The highest BCUT2D eigenvalue weighted by molar-refractivity contribution is 6.20. The molecule has 8 heteroatoms. The highest BCUT2D eigenvalue weighted by atomic mass is 16.6. The number of rotatable bonds is 4. The second-order valence-corrected chi connectivity index (χ2v) is 7.05. The van der Waals surface area contributed by atoms with Crippen molar-refractivity contribution in [3.63, 3.8) is 0 Å². The Morgan fingerprint density at radius 1 is 1.24 bits per heavy atom. The highest BCUT2D eigenvalue weighted by Gasteiger charge is 2.39. The number of nitrogens with one attached hydrogen (secondary N) is 2. The number of aliphatic imine (C=N–C) groups is 1. The molecule has 0 aromatic heterocycles. The lowest BCUT2D eigenvalue weighted by molar-refractivity contribution is -0.384. The number of allylic oxidation sites excluding steroid dienone is 1. The molecule has 29 heavy (non-hydrogen) atoms. The number of para-hydroxylation sites is 1. The van der Waals surface area contributed by atoms with E-state index in [9.17, 15) is 14.9 Å². The predicted octanol–water partition coefficient (Wildman–Crippen LogP) is 3.78. The van der Waals surface area contributed by atoms with Gasteiger partial charge < -0.3 is 10.7 Å². The maximum Gasteiger partial charge on any atom is 0.293 e. The Balaban J connectivity index is 1.87. The smallest absolute Gasteiger partial charge is 0.293 e. The third-order valence-electron chi connectivity index (χ3n) is 5.19. The van der Waals surface area contributed by atoms with E-state index >= 15 is 0 Å². The van der Waals surface area contributed by atoms with Crippen LogP contribution in [0, 0.1) is 10.1 Å². The molecule has 0 fully saturated rings. The molecule has 1 atom stereocenters. The van der Waals surface area contributed by atoms with Crippen LogP contribution in [0.5, 0.6) is 0 Å². The fourth-order valence-electron chi connectivity index (χ4n) is 3.76. The third-order valence-corrected chi connectivity index (χ3v) is 5.19. The fraction of sp³-hybridized carbons (Fsp3) is 0.238. The van der Waals surface area contributed by atoms with Gasteiger partial charge in [0.15, 0.2) is 5.78 Å². The summed E-state index contributed by atoms with van der Waals surface area (Å²) in [5.74, 6) is 0.0762. The molecule has 2 aromatic carbocycles. The maximum absolute atomic E-state index is 11.9. The lowest BCUT2D eigenvalue weighted by Gasteiger charge is -2.30. The number of likely N-dealkylation sites (N-methyl/N-ethyl adjacent to an activating group) is 1. The quantitative estimate of drug-likeness (QED) is 0.467. The minimum atomic E-state index is -0.390. The summed E-state index contributed by atoms with van der Waals surface area (Å²) in [6.45, 7) is 3.78. The van der Waals surface area contributed by atoms with Crippen LogP contribution in [0.15, 0.2) is 58.7 Å².